The Kier molecular flexibility index (Phi) is 3.96. The lowest BCUT2D eigenvalue weighted by Gasteiger charge is -2.09. The maximum Gasteiger partial charge on any atom is 0.256 e. The molecule has 5 heteroatoms. The number of aryl methyl sites for hydroxylation is 1. The van der Waals surface area contributed by atoms with Crippen molar-refractivity contribution in [2.75, 3.05) is 5.32 Å². The third-order valence-corrected chi connectivity index (χ3v) is 3.32. The van der Waals surface area contributed by atoms with Crippen LogP contribution in [0, 0.1) is 6.92 Å². The molecular formula is C17H16N4O. The highest BCUT2D eigenvalue weighted by atomic mass is 16.1. The number of amides is 1. The van der Waals surface area contributed by atoms with Crippen LogP contribution in [-0.2, 0) is 6.54 Å². The number of rotatable bonds is 4. The smallest absolute Gasteiger partial charge is 0.256 e. The van der Waals surface area contributed by atoms with Crippen LogP contribution in [0.15, 0.2) is 61.1 Å². The lowest BCUT2D eigenvalue weighted by atomic mass is 10.1. The van der Waals surface area contributed by atoms with E-state index in [4.69, 9.17) is 0 Å². The third-order valence-electron chi connectivity index (χ3n) is 3.32. The van der Waals surface area contributed by atoms with Gasteiger partial charge in [-0.15, -0.1) is 0 Å². The minimum absolute atomic E-state index is 0.173. The SMILES string of the molecule is Cc1cccc(Cn2nccc2NC(=O)c2ccncc2)c1. The molecule has 3 rings (SSSR count). The van der Waals surface area contributed by atoms with Crippen LogP contribution in [-0.4, -0.2) is 20.7 Å². The van der Waals surface area contributed by atoms with Crippen molar-refractivity contribution in [1.29, 1.82) is 0 Å². The standard InChI is InChI=1S/C17H16N4O/c1-13-3-2-4-14(11-13)12-21-16(7-10-19-21)20-17(22)15-5-8-18-9-6-15/h2-11H,12H2,1H3,(H,20,22). The fourth-order valence-electron chi connectivity index (χ4n) is 2.24. The molecule has 3 aromatic rings. The van der Waals surface area contributed by atoms with Gasteiger partial charge in [0, 0.05) is 24.0 Å². The summed E-state index contributed by atoms with van der Waals surface area (Å²) in [6.07, 6.45) is 4.87. The van der Waals surface area contributed by atoms with Crippen molar-refractivity contribution in [2.24, 2.45) is 0 Å². The zero-order valence-corrected chi connectivity index (χ0v) is 12.2. The van der Waals surface area contributed by atoms with Crippen molar-refractivity contribution in [1.82, 2.24) is 14.8 Å². The van der Waals surface area contributed by atoms with Crippen LogP contribution in [0.25, 0.3) is 0 Å². The predicted molar refractivity (Wildman–Crippen MR) is 84.7 cm³/mol. The van der Waals surface area contributed by atoms with Crippen LogP contribution in [0.4, 0.5) is 5.82 Å². The van der Waals surface area contributed by atoms with Crippen molar-refractivity contribution in [3.8, 4) is 0 Å². The lowest BCUT2D eigenvalue weighted by Crippen LogP contribution is -2.16. The van der Waals surface area contributed by atoms with E-state index in [9.17, 15) is 4.79 Å². The van der Waals surface area contributed by atoms with Gasteiger partial charge in [-0.3, -0.25) is 9.78 Å². The molecule has 5 nitrogen and oxygen atoms in total. The van der Waals surface area contributed by atoms with Crippen LogP contribution < -0.4 is 5.32 Å². The summed E-state index contributed by atoms with van der Waals surface area (Å²) in [6.45, 7) is 2.67. The van der Waals surface area contributed by atoms with Crippen LogP contribution >= 0.6 is 0 Å². The van der Waals surface area contributed by atoms with Gasteiger partial charge in [0.2, 0.25) is 0 Å². The lowest BCUT2D eigenvalue weighted by molar-refractivity contribution is 0.102. The highest BCUT2D eigenvalue weighted by molar-refractivity contribution is 6.03. The van der Waals surface area contributed by atoms with Crippen molar-refractivity contribution in [3.63, 3.8) is 0 Å². The molecule has 1 amide bonds. The summed E-state index contributed by atoms with van der Waals surface area (Å²) in [5.41, 5.74) is 2.91. The number of benzene rings is 1. The monoisotopic (exact) mass is 292 g/mol. The molecule has 0 bridgehead atoms. The number of hydrogen-bond acceptors (Lipinski definition) is 3. The zero-order chi connectivity index (χ0) is 15.4. The van der Waals surface area contributed by atoms with Crippen LogP contribution in [0.1, 0.15) is 21.5 Å². The average molecular weight is 292 g/mol. The molecule has 1 aromatic carbocycles. The number of carbonyl (C=O) groups excluding carboxylic acids is 1. The molecule has 0 aliphatic carbocycles. The molecule has 1 N–H and O–H groups in total. The Labute approximate surface area is 128 Å². The van der Waals surface area contributed by atoms with E-state index in [0.29, 0.717) is 17.9 Å². The minimum Gasteiger partial charge on any atom is -0.307 e. The molecule has 0 radical (unpaired) electrons. The van der Waals surface area contributed by atoms with Crippen LogP contribution in [0.5, 0.6) is 0 Å². The molecule has 22 heavy (non-hydrogen) atoms. The quantitative estimate of drug-likeness (QED) is 0.804. The molecule has 0 saturated heterocycles. The van der Waals surface area contributed by atoms with Gasteiger partial charge in [-0.2, -0.15) is 5.10 Å². The van der Waals surface area contributed by atoms with E-state index >= 15 is 0 Å². The summed E-state index contributed by atoms with van der Waals surface area (Å²) >= 11 is 0. The molecule has 0 saturated carbocycles. The van der Waals surface area contributed by atoms with Gasteiger partial charge in [-0.1, -0.05) is 29.8 Å². The highest BCUT2D eigenvalue weighted by Crippen LogP contribution is 2.12. The van der Waals surface area contributed by atoms with E-state index in [1.807, 2.05) is 12.1 Å². The van der Waals surface area contributed by atoms with Gasteiger partial charge in [0.1, 0.15) is 5.82 Å². The van der Waals surface area contributed by atoms with Gasteiger partial charge in [0.25, 0.3) is 5.91 Å². The first-order valence-corrected chi connectivity index (χ1v) is 7.01. The van der Waals surface area contributed by atoms with Crippen molar-refractivity contribution < 1.29 is 4.79 Å². The highest BCUT2D eigenvalue weighted by Gasteiger charge is 2.09. The van der Waals surface area contributed by atoms with Gasteiger partial charge in [0.05, 0.1) is 12.7 Å². The molecule has 0 aliphatic rings. The molecule has 2 heterocycles. The predicted octanol–water partition coefficient (Wildman–Crippen LogP) is 2.89. The Morgan fingerprint density at radius 2 is 1.95 bits per heavy atom. The minimum atomic E-state index is -0.173. The first-order chi connectivity index (χ1) is 10.7. The Hall–Kier alpha value is -2.95. The second-order valence-corrected chi connectivity index (χ2v) is 5.05. The number of aromatic nitrogens is 3. The third kappa shape index (κ3) is 3.20. The van der Waals surface area contributed by atoms with E-state index in [1.54, 1.807) is 41.5 Å². The Morgan fingerprint density at radius 3 is 2.73 bits per heavy atom. The summed E-state index contributed by atoms with van der Waals surface area (Å²) in [5.74, 6) is 0.497. The summed E-state index contributed by atoms with van der Waals surface area (Å²) in [7, 11) is 0. The van der Waals surface area contributed by atoms with E-state index in [2.05, 4.69) is 34.5 Å². The molecule has 0 atom stereocenters. The van der Waals surface area contributed by atoms with Gasteiger partial charge >= 0.3 is 0 Å². The van der Waals surface area contributed by atoms with Gasteiger partial charge < -0.3 is 5.32 Å². The molecule has 0 spiro atoms. The zero-order valence-electron chi connectivity index (χ0n) is 12.2. The van der Waals surface area contributed by atoms with Crippen LogP contribution in [0.2, 0.25) is 0 Å². The number of pyridine rings is 1. The second kappa shape index (κ2) is 6.22. The Balaban J connectivity index is 1.76. The summed E-state index contributed by atoms with van der Waals surface area (Å²) in [6, 6.07) is 13.4. The van der Waals surface area contributed by atoms with E-state index in [0.717, 1.165) is 5.56 Å². The van der Waals surface area contributed by atoms with E-state index in [1.165, 1.54) is 5.56 Å². The number of anilines is 1. The van der Waals surface area contributed by atoms with Gasteiger partial charge in [-0.25, -0.2) is 4.68 Å². The molecule has 0 fully saturated rings. The first-order valence-electron chi connectivity index (χ1n) is 7.01. The molecule has 0 aliphatic heterocycles. The molecular weight excluding hydrogens is 276 g/mol. The van der Waals surface area contributed by atoms with Crippen molar-refractivity contribution >= 4 is 11.7 Å². The number of carbonyl (C=O) groups is 1. The fourth-order valence-corrected chi connectivity index (χ4v) is 2.24. The Morgan fingerprint density at radius 1 is 1.14 bits per heavy atom. The maximum atomic E-state index is 12.2. The second-order valence-electron chi connectivity index (χ2n) is 5.05. The number of hydrogen-bond donors (Lipinski definition) is 1. The van der Waals surface area contributed by atoms with E-state index < -0.39 is 0 Å². The Bertz CT molecular complexity index is 780. The van der Waals surface area contributed by atoms with Gasteiger partial charge in [-0.05, 0) is 24.6 Å². The number of nitrogens with zero attached hydrogens (tertiary/aromatic N) is 3. The van der Waals surface area contributed by atoms with E-state index in [-0.39, 0.29) is 5.91 Å². The normalized spacial score (nSPS) is 10.4. The fraction of sp³-hybridized carbons (Fsp3) is 0.118. The topological polar surface area (TPSA) is 59.8 Å². The van der Waals surface area contributed by atoms with Crippen molar-refractivity contribution in [3.05, 3.63) is 77.7 Å². The molecule has 0 unspecified atom stereocenters. The maximum absolute atomic E-state index is 12.2. The molecule has 2 aromatic heterocycles. The average Bonchev–Trinajstić information content (AvgIpc) is 2.95. The largest absolute Gasteiger partial charge is 0.307 e. The van der Waals surface area contributed by atoms with Crippen molar-refractivity contribution in [2.45, 2.75) is 13.5 Å². The van der Waals surface area contributed by atoms with Gasteiger partial charge in [0.15, 0.2) is 0 Å². The summed E-state index contributed by atoms with van der Waals surface area (Å²) in [4.78, 5) is 16.1. The molecule has 110 valence electrons. The van der Waals surface area contributed by atoms with Crippen LogP contribution in [0.3, 0.4) is 0 Å². The summed E-state index contributed by atoms with van der Waals surface area (Å²) in [5, 5.41) is 7.15. The first kappa shape index (κ1) is 14.0. The number of nitrogens with one attached hydrogen (secondary N) is 1. The summed E-state index contributed by atoms with van der Waals surface area (Å²) < 4.78 is 1.77.